The minimum atomic E-state index is -0.807. The molecule has 16 heavy (non-hydrogen) atoms. The largest absolute Gasteiger partial charge is 0.481 e. The highest BCUT2D eigenvalue weighted by atomic mass is 32.1. The minimum Gasteiger partial charge on any atom is -0.481 e. The van der Waals surface area contributed by atoms with E-state index in [1.807, 2.05) is 31.4 Å². The van der Waals surface area contributed by atoms with E-state index in [1.165, 1.54) is 0 Å². The van der Waals surface area contributed by atoms with Crippen LogP contribution in [0.25, 0.3) is 0 Å². The Morgan fingerprint density at radius 3 is 2.69 bits per heavy atom. The van der Waals surface area contributed by atoms with Crippen LogP contribution >= 0.6 is 11.3 Å². The first-order valence-electron chi connectivity index (χ1n) is 5.46. The normalized spacial score (nSPS) is 15.0. The van der Waals surface area contributed by atoms with Crippen LogP contribution in [-0.2, 0) is 11.2 Å². The van der Waals surface area contributed by atoms with E-state index in [2.05, 4.69) is 0 Å². The van der Waals surface area contributed by atoms with Gasteiger partial charge in [0.15, 0.2) is 0 Å². The second-order valence-corrected chi connectivity index (χ2v) is 5.68. The lowest BCUT2D eigenvalue weighted by Gasteiger charge is -2.29. The minimum absolute atomic E-state index is 0.193. The van der Waals surface area contributed by atoms with Gasteiger partial charge in [-0.15, -0.1) is 11.3 Å². The lowest BCUT2D eigenvalue weighted by atomic mass is 9.77. The predicted octanol–water partition coefficient (Wildman–Crippen LogP) is 2.37. The van der Waals surface area contributed by atoms with E-state index < -0.39 is 11.4 Å². The van der Waals surface area contributed by atoms with Crippen molar-refractivity contribution in [3.8, 4) is 0 Å². The molecule has 0 aliphatic heterocycles. The highest BCUT2D eigenvalue weighted by Crippen LogP contribution is 2.31. The van der Waals surface area contributed by atoms with Crippen LogP contribution in [0.3, 0.4) is 0 Å². The number of hydrogen-bond acceptors (Lipinski definition) is 3. The van der Waals surface area contributed by atoms with Crippen molar-refractivity contribution < 1.29 is 9.90 Å². The Hall–Kier alpha value is -0.870. The Balaban J connectivity index is 2.89. The zero-order valence-corrected chi connectivity index (χ0v) is 10.6. The van der Waals surface area contributed by atoms with Crippen molar-refractivity contribution >= 4 is 17.3 Å². The van der Waals surface area contributed by atoms with E-state index in [0.717, 1.165) is 4.88 Å². The first kappa shape index (κ1) is 13.2. The van der Waals surface area contributed by atoms with Gasteiger partial charge in [-0.05, 0) is 30.2 Å². The molecule has 1 atom stereocenters. The number of thiophene rings is 1. The van der Waals surface area contributed by atoms with Gasteiger partial charge in [0.05, 0.1) is 5.41 Å². The number of carboxylic acid groups (broad SMARTS) is 1. The topological polar surface area (TPSA) is 63.3 Å². The number of carboxylic acids is 1. The fraction of sp³-hybridized carbons (Fsp3) is 0.583. The highest BCUT2D eigenvalue weighted by Gasteiger charge is 2.38. The lowest BCUT2D eigenvalue weighted by molar-refractivity contribution is -0.149. The third kappa shape index (κ3) is 3.06. The van der Waals surface area contributed by atoms with Gasteiger partial charge in [-0.25, -0.2) is 0 Å². The van der Waals surface area contributed by atoms with Crippen molar-refractivity contribution in [3.63, 3.8) is 0 Å². The molecule has 1 heterocycles. The van der Waals surface area contributed by atoms with Crippen LogP contribution in [0.4, 0.5) is 0 Å². The summed E-state index contributed by atoms with van der Waals surface area (Å²) in [6.45, 7) is 4.25. The molecule has 1 unspecified atom stereocenters. The first-order valence-corrected chi connectivity index (χ1v) is 6.34. The molecule has 0 amide bonds. The molecule has 1 aromatic rings. The molecule has 0 spiro atoms. The SMILES string of the molecule is CC(C)CC(CN)(Cc1cccs1)C(=O)O. The Labute approximate surface area is 100 Å². The summed E-state index contributed by atoms with van der Waals surface area (Å²) < 4.78 is 0. The molecular weight excluding hydrogens is 222 g/mol. The van der Waals surface area contributed by atoms with Crippen LogP contribution < -0.4 is 5.73 Å². The summed E-state index contributed by atoms with van der Waals surface area (Å²) in [7, 11) is 0. The predicted molar refractivity (Wildman–Crippen MR) is 66.6 cm³/mol. The van der Waals surface area contributed by atoms with Gasteiger partial charge in [-0.1, -0.05) is 19.9 Å². The molecule has 0 radical (unpaired) electrons. The van der Waals surface area contributed by atoms with Crippen molar-refractivity contribution in [2.45, 2.75) is 26.7 Å². The molecule has 3 nitrogen and oxygen atoms in total. The third-order valence-electron chi connectivity index (χ3n) is 2.74. The number of rotatable bonds is 6. The molecule has 0 saturated carbocycles. The van der Waals surface area contributed by atoms with Crippen molar-refractivity contribution in [1.82, 2.24) is 0 Å². The Kier molecular flexibility index (Phi) is 4.50. The molecule has 0 aromatic carbocycles. The van der Waals surface area contributed by atoms with Crippen LogP contribution in [0, 0.1) is 11.3 Å². The second-order valence-electron chi connectivity index (χ2n) is 4.64. The lowest BCUT2D eigenvalue weighted by Crippen LogP contribution is -2.41. The zero-order valence-electron chi connectivity index (χ0n) is 9.77. The summed E-state index contributed by atoms with van der Waals surface area (Å²) >= 11 is 1.59. The molecule has 0 bridgehead atoms. The summed E-state index contributed by atoms with van der Waals surface area (Å²) in [6.07, 6.45) is 1.16. The molecule has 0 aliphatic rings. The molecule has 3 N–H and O–H groups in total. The van der Waals surface area contributed by atoms with Gasteiger partial charge in [0.25, 0.3) is 0 Å². The van der Waals surface area contributed by atoms with Crippen LogP contribution in [0.1, 0.15) is 25.1 Å². The van der Waals surface area contributed by atoms with E-state index in [9.17, 15) is 9.90 Å². The molecule has 1 rings (SSSR count). The fourth-order valence-corrected chi connectivity index (χ4v) is 2.85. The first-order chi connectivity index (χ1) is 7.50. The van der Waals surface area contributed by atoms with E-state index in [-0.39, 0.29) is 6.54 Å². The van der Waals surface area contributed by atoms with Gasteiger partial charge in [-0.2, -0.15) is 0 Å². The van der Waals surface area contributed by atoms with Crippen molar-refractivity contribution in [3.05, 3.63) is 22.4 Å². The molecule has 1 aromatic heterocycles. The summed E-state index contributed by atoms with van der Waals surface area (Å²) in [4.78, 5) is 12.5. The zero-order chi connectivity index (χ0) is 12.2. The number of carbonyl (C=O) groups is 1. The van der Waals surface area contributed by atoms with E-state index in [4.69, 9.17) is 5.73 Å². The number of aliphatic carboxylic acids is 1. The quantitative estimate of drug-likeness (QED) is 0.803. The Morgan fingerprint density at radius 1 is 1.62 bits per heavy atom. The molecule has 90 valence electrons. The Morgan fingerprint density at radius 2 is 2.31 bits per heavy atom. The standard InChI is InChI=1S/C12H19NO2S/c1-9(2)6-12(8-13,11(14)15)7-10-4-3-5-16-10/h3-5,9H,6-8,13H2,1-2H3,(H,14,15). The summed E-state index contributed by atoms with van der Waals surface area (Å²) in [6, 6.07) is 3.91. The van der Waals surface area contributed by atoms with E-state index in [1.54, 1.807) is 11.3 Å². The van der Waals surface area contributed by atoms with Crippen LogP contribution in [0.2, 0.25) is 0 Å². The second kappa shape index (κ2) is 5.46. The maximum absolute atomic E-state index is 11.4. The molecule has 0 aliphatic carbocycles. The van der Waals surface area contributed by atoms with Gasteiger partial charge in [0, 0.05) is 11.4 Å². The van der Waals surface area contributed by atoms with Gasteiger partial charge >= 0.3 is 5.97 Å². The molecular formula is C12H19NO2S. The maximum atomic E-state index is 11.4. The average molecular weight is 241 g/mol. The smallest absolute Gasteiger partial charge is 0.311 e. The van der Waals surface area contributed by atoms with Gasteiger partial charge in [0.1, 0.15) is 0 Å². The molecule has 0 fully saturated rings. The maximum Gasteiger partial charge on any atom is 0.311 e. The van der Waals surface area contributed by atoms with E-state index >= 15 is 0 Å². The average Bonchev–Trinajstić information content (AvgIpc) is 2.68. The van der Waals surface area contributed by atoms with Crippen molar-refractivity contribution in [2.75, 3.05) is 6.54 Å². The molecule has 0 saturated heterocycles. The fourth-order valence-electron chi connectivity index (χ4n) is 2.01. The van der Waals surface area contributed by atoms with Crippen molar-refractivity contribution in [1.29, 1.82) is 0 Å². The van der Waals surface area contributed by atoms with Crippen molar-refractivity contribution in [2.24, 2.45) is 17.1 Å². The summed E-state index contributed by atoms with van der Waals surface area (Å²) in [5.74, 6) is -0.447. The van der Waals surface area contributed by atoms with Gasteiger partial charge < -0.3 is 10.8 Å². The van der Waals surface area contributed by atoms with Crippen LogP contribution in [0.15, 0.2) is 17.5 Å². The highest BCUT2D eigenvalue weighted by molar-refractivity contribution is 7.09. The van der Waals surface area contributed by atoms with E-state index in [0.29, 0.717) is 18.8 Å². The monoisotopic (exact) mass is 241 g/mol. The third-order valence-corrected chi connectivity index (χ3v) is 3.61. The van der Waals surface area contributed by atoms with Crippen LogP contribution in [0.5, 0.6) is 0 Å². The van der Waals surface area contributed by atoms with Gasteiger partial charge in [0.2, 0.25) is 0 Å². The Bertz CT molecular complexity index is 335. The number of hydrogen-bond donors (Lipinski definition) is 2. The number of nitrogens with two attached hydrogens (primary N) is 1. The van der Waals surface area contributed by atoms with Crippen LogP contribution in [-0.4, -0.2) is 17.6 Å². The summed E-state index contributed by atoms with van der Waals surface area (Å²) in [5.41, 5.74) is 4.89. The summed E-state index contributed by atoms with van der Waals surface area (Å²) in [5, 5.41) is 11.4. The molecule has 4 heteroatoms. The van der Waals surface area contributed by atoms with Gasteiger partial charge in [-0.3, -0.25) is 4.79 Å².